The van der Waals surface area contributed by atoms with Crippen molar-refractivity contribution in [1.29, 1.82) is 0 Å². The maximum Gasteiger partial charge on any atom is 0.416 e. The lowest BCUT2D eigenvalue weighted by molar-refractivity contribution is -0.137. The van der Waals surface area contributed by atoms with E-state index in [1.54, 1.807) is 6.92 Å². The topological polar surface area (TPSA) is 59.0 Å². The summed E-state index contributed by atoms with van der Waals surface area (Å²) < 4.78 is 39.8. The van der Waals surface area contributed by atoms with E-state index in [4.69, 9.17) is 6.42 Å². The van der Waals surface area contributed by atoms with Crippen LogP contribution in [0.2, 0.25) is 0 Å². The van der Waals surface area contributed by atoms with Gasteiger partial charge in [-0.15, -0.1) is 12.3 Å². The molecule has 0 unspecified atom stereocenters. The average molecular weight is 390 g/mol. The molecule has 0 spiro atoms. The second-order valence-electron chi connectivity index (χ2n) is 6.68. The van der Waals surface area contributed by atoms with Crippen LogP contribution in [0.3, 0.4) is 0 Å². The van der Waals surface area contributed by atoms with E-state index in [2.05, 4.69) is 21.5 Å². The summed E-state index contributed by atoms with van der Waals surface area (Å²) in [6.07, 6.45) is 1.98. The fourth-order valence-electron chi connectivity index (χ4n) is 3.17. The van der Waals surface area contributed by atoms with Crippen LogP contribution >= 0.6 is 0 Å². The Bertz CT molecular complexity index is 942. The molecule has 1 aromatic carbocycles. The van der Waals surface area contributed by atoms with Gasteiger partial charge in [0.05, 0.1) is 22.9 Å². The van der Waals surface area contributed by atoms with E-state index in [9.17, 15) is 18.0 Å². The highest BCUT2D eigenvalue weighted by molar-refractivity contribution is 5.37. The molecule has 2 aromatic rings. The fraction of sp³-hybridized carbons (Fsp3) is 0.400. The first-order valence-corrected chi connectivity index (χ1v) is 9.01. The van der Waals surface area contributed by atoms with Crippen molar-refractivity contribution in [3.8, 4) is 12.3 Å². The number of anilines is 1. The van der Waals surface area contributed by atoms with E-state index in [1.807, 2.05) is 0 Å². The van der Waals surface area contributed by atoms with Gasteiger partial charge in [0.25, 0.3) is 5.56 Å². The lowest BCUT2D eigenvalue weighted by atomic mass is 10.1. The molecule has 0 aliphatic carbocycles. The molecule has 0 saturated heterocycles. The predicted molar refractivity (Wildman–Crippen MR) is 101 cm³/mol. The molecule has 3 rings (SSSR count). The molecule has 2 N–H and O–H groups in total. The molecule has 0 bridgehead atoms. The maximum absolute atomic E-state index is 12.9. The first-order chi connectivity index (χ1) is 13.3. The van der Waals surface area contributed by atoms with Crippen LogP contribution < -0.4 is 16.2 Å². The molecule has 1 aliphatic rings. The van der Waals surface area contributed by atoms with E-state index in [-0.39, 0.29) is 11.6 Å². The van der Waals surface area contributed by atoms with Crippen molar-refractivity contribution >= 4 is 5.95 Å². The summed E-state index contributed by atoms with van der Waals surface area (Å²) in [6, 6.07) is 4.60. The zero-order chi connectivity index (χ0) is 20.3. The van der Waals surface area contributed by atoms with E-state index in [0.29, 0.717) is 43.0 Å². The molecule has 1 aliphatic heterocycles. The largest absolute Gasteiger partial charge is 0.416 e. The summed E-state index contributed by atoms with van der Waals surface area (Å²) in [5.74, 6) is 2.90. The minimum absolute atomic E-state index is 0.144. The number of halogens is 3. The zero-order valence-electron chi connectivity index (χ0n) is 15.4. The molecular weight excluding hydrogens is 369 g/mol. The first kappa shape index (κ1) is 20.0. The molecule has 1 atom stereocenters. The Balaban J connectivity index is 1.91. The Morgan fingerprint density at radius 3 is 2.71 bits per heavy atom. The van der Waals surface area contributed by atoms with Gasteiger partial charge in [0, 0.05) is 32.5 Å². The predicted octanol–water partition coefficient (Wildman–Crippen LogP) is 3.10. The second kappa shape index (κ2) is 8.07. The number of benzene rings is 1. The van der Waals surface area contributed by atoms with Crippen molar-refractivity contribution in [3.05, 3.63) is 57.0 Å². The third-order valence-corrected chi connectivity index (χ3v) is 4.75. The number of terminal acetylenes is 1. The summed E-state index contributed by atoms with van der Waals surface area (Å²) in [5.41, 5.74) is 1.19. The number of hydrogen-bond donors (Lipinski definition) is 2. The molecule has 0 radical (unpaired) electrons. The van der Waals surface area contributed by atoms with Gasteiger partial charge in [-0.2, -0.15) is 13.2 Å². The Labute approximate surface area is 161 Å². The Hall–Kier alpha value is -2.79. The number of hydrogen-bond acceptors (Lipinski definition) is 4. The summed E-state index contributed by atoms with van der Waals surface area (Å²) in [6.45, 7) is 3.33. The number of nitrogens with one attached hydrogen (secondary N) is 2. The van der Waals surface area contributed by atoms with Gasteiger partial charge in [0.2, 0.25) is 5.95 Å². The number of rotatable bonds is 5. The van der Waals surface area contributed by atoms with Crippen molar-refractivity contribution in [1.82, 2.24) is 14.9 Å². The normalized spacial score (nSPS) is 14.8. The molecule has 2 heterocycles. The highest BCUT2D eigenvalue weighted by Gasteiger charge is 2.30. The fourth-order valence-corrected chi connectivity index (χ4v) is 3.17. The molecule has 28 heavy (non-hydrogen) atoms. The number of fused-ring (bicyclic) bond motifs is 1. The summed E-state index contributed by atoms with van der Waals surface area (Å²) in [5, 5.41) is 6.33. The van der Waals surface area contributed by atoms with Gasteiger partial charge in [-0.05, 0) is 24.6 Å². The van der Waals surface area contributed by atoms with Gasteiger partial charge in [0.15, 0.2) is 0 Å². The molecule has 0 amide bonds. The summed E-state index contributed by atoms with van der Waals surface area (Å²) in [4.78, 5) is 17.5. The maximum atomic E-state index is 12.9. The Morgan fingerprint density at radius 1 is 1.36 bits per heavy atom. The van der Waals surface area contributed by atoms with Gasteiger partial charge in [0.1, 0.15) is 0 Å². The van der Waals surface area contributed by atoms with Crippen molar-refractivity contribution in [2.24, 2.45) is 0 Å². The van der Waals surface area contributed by atoms with Crippen LogP contribution in [0.25, 0.3) is 0 Å². The van der Waals surface area contributed by atoms with Crippen molar-refractivity contribution in [2.75, 3.05) is 11.9 Å². The molecule has 0 saturated carbocycles. The van der Waals surface area contributed by atoms with Gasteiger partial charge in [-0.1, -0.05) is 12.1 Å². The molecule has 1 aromatic heterocycles. The minimum atomic E-state index is -4.38. The standard InChI is InChI=1S/C20H21F3N4O/c1-3-4-11-27-18(28)16-12-24-10-9-17(16)26-19(27)25-13(2)14-5-7-15(8-6-14)20(21,22)23/h1,5-8,13,24H,4,9-12H2,2H3,(H,25,26)/t13-/m0/s1. The van der Waals surface area contributed by atoms with Crippen LogP contribution in [-0.2, 0) is 25.7 Å². The van der Waals surface area contributed by atoms with Gasteiger partial charge >= 0.3 is 6.18 Å². The number of nitrogens with zero attached hydrogens (tertiary/aromatic N) is 2. The van der Waals surface area contributed by atoms with Crippen LogP contribution in [0.15, 0.2) is 29.1 Å². The quantitative estimate of drug-likeness (QED) is 0.771. The molecule has 148 valence electrons. The van der Waals surface area contributed by atoms with Crippen molar-refractivity contribution in [2.45, 2.75) is 45.1 Å². The molecule has 8 heteroatoms. The van der Waals surface area contributed by atoms with E-state index < -0.39 is 11.7 Å². The average Bonchev–Trinajstić information content (AvgIpc) is 2.67. The van der Waals surface area contributed by atoms with Crippen LogP contribution in [0.4, 0.5) is 19.1 Å². The monoisotopic (exact) mass is 390 g/mol. The second-order valence-corrected chi connectivity index (χ2v) is 6.68. The van der Waals surface area contributed by atoms with E-state index in [0.717, 1.165) is 24.4 Å². The highest BCUT2D eigenvalue weighted by Crippen LogP contribution is 2.30. The third kappa shape index (κ3) is 4.20. The van der Waals surface area contributed by atoms with Crippen LogP contribution in [0.5, 0.6) is 0 Å². The van der Waals surface area contributed by atoms with Crippen molar-refractivity contribution in [3.63, 3.8) is 0 Å². The lowest BCUT2D eigenvalue weighted by Crippen LogP contribution is -2.36. The summed E-state index contributed by atoms with van der Waals surface area (Å²) >= 11 is 0. The Morgan fingerprint density at radius 2 is 2.07 bits per heavy atom. The first-order valence-electron chi connectivity index (χ1n) is 9.01. The summed E-state index contributed by atoms with van der Waals surface area (Å²) in [7, 11) is 0. The van der Waals surface area contributed by atoms with Crippen LogP contribution in [0, 0.1) is 12.3 Å². The lowest BCUT2D eigenvalue weighted by Gasteiger charge is -2.23. The van der Waals surface area contributed by atoms with Crippen LogP contribution in [0.1, 0.15) is 41.8 Å². The molecular formula is C20H21F3N4O. The Kier molecular flexibility index (Phi) is 5.75. The van der Waals surface area contributed by atoms with E-state index >= 15 is 0 Å². The minimum Gasteiger partial charge on any atom is -0.349 e. The van der Waals surface area contributed by atoms with Gasteiger partial charge in [-0.25, -0.2) is 4.98 Å². The highest BCUT2D eigenvalue weighted by atomic mass is 19.4. The van der Waals surface area contributed by atoms with Crippen LogP contribution in [-0.4, -0.2) is 16.1 Å². The van der Waals surface area contributed by atoms with Gasteiger partial charge < -0.3 is 10.6 Å². The smallest absolute Gasteiger partial charge is 0.349 e. The SMILES string of the molecule is C#CCCn1c(N[C@@H](C)c2ccc(C(F)(F)F)cc2)nc2c(c1=O)CNCC2. The third-order valence-electron chi connectivity index (χ3n) is 4.75. The molecule has 0 fully saturated rings. The zero-order valence-corrected chi connectivity index (χ0v) is 15.4. The van der Waals surface area contributed by atoms with Crippen molar-refractivity contribution < 1.29 is 13.2 Å². The number of alkyl halides is 3. The van der Waals surface area contributed by atoms with Gasteiger partial charge in [-0.3, -0.25) is 9.36 Å². The molecule has 5 nitrogen and oxygen atoms in total. The number of aromatic nitrogens is 2. The van der Waals surface area contributed by atoms with E-state index in [1.165, 1.54) is 16.7 Å².